The van der Waals surface area contributed by atoms with Crippen LogP contribution in [0.3, 0.4) is 0 Å². The Hall–Kier alpha value is -2.53. The zero-order chi connectivity index (χ0) is 25.5. The molecule has 4 heterocycles. The lowest BCUT2D eigenvalue weighted by molar-refractivity contribution is 0.00578. The zero-order valence-corrected chi connectivity index (χ0v) is 21.8. The fourth-order valence-corrected chi connectivity index (χ4v) is 4.52. The van der Waals surface area contributed by atoms with Crippen LogP contribution in [0, 0.1) is 0 Å². The maximum absolute atomic E-state index is 12.7. The average molecular weight is 497 g/mol. The van der Waals surface area contributed by atoms with Gasteiger partial charge in [-0.05, 0) is 52.9 Å². The molecule has 1 aromatic carbocycles. The number of amides is 1. The van der Waals surface area contributed by atoms with Gasteiger partial charge in [-0.2, -0.15) is 0 Å². The number of carbonyl (C=O) groups excluding carboxylic acids is 1. The van der Waals surface area contributed by atoms with Crippen LogP contribution in [0.2, 0.25) is 0 Å². The van der Waals surface area contributed by atoms with Crippen molar-refractivity contribution in [2.45, 2.75) is 51.5 Å². The van der Waals surface area contributed by atoms with Crippen LogP contribution < -0.4 is 20.3 Å². The van der Waals surface area contributed by atoms with E-state index in [1.807, 2.05) is 52.0 Å². The topological polar surface area (TPSA) is 85.6 Å². The molecule has 0 spiro atoms. The molecule has 0 saturated carbocycles. The van der Waals surface area contributed by atoms with Crippen LogP contribution in [0.15, 0.2) is 34.7 Å². The van der Waals surface area contributed by atoms with Gasteiger partial charge in [0.15, 0.2) is 17.3 Å². The minimum atomic E-state index is -0.566. The van der Waals surface area contributed by atoms with Gasteiger partial charge in [-0.1, -0.05) is 12.1 Å². The summed E-state index contributed by atoms with van der Waals surface area (Å²) in [6.07, 6.45) is -0.357. The first kappa shape index (κ1) is 25.1. The van der Waals surface area contributed by atoms with Crippen molar-refractivity contribution in [1.82, 2.24) is 15.1 Å². The Morgan fingerprint density at radius 3 is 2.50 bits per heavy atom. The van der Waals surface area contributed by atoms with Gasteiger partial charge in [0.1, 0.15) is 18.5 Å². The smallest absolute Gasteiger partial charge is 0.486 e. The number of carbonyl (C=O) groups is 1. The van der Waals surface area contributed by atoms with E-state index in [4.69, 9.17) is 23.2 Å². The van der Waals surface area contributed by atoms with E-state index in [0.29, 0.717) is 30.4 Å². The highest BCUT2D eigenvalue weighted by Gasteiger charge is 2.53. The standard InChI is InChI=1S/C26H36BN3O6/c1-25(2)26(3,4)36-27(35-25)20-7-6-8-21-23(20)34-19(17-32-21)15-28-24(31)22-10-9-18(33-22)16-30-13-11-29(5)12-14-30/h6-10,19H,11-17H2,1-5H3,(H,28,31). The summed E-state index contributed by atoms with van der Waals surface area (Å²) in [7, 11) is 1.56. The normalized spacial score (nSPS) is 23.6. The molecule has 3 aliphatic rings. The first-order chi connectivity index (χ1) is 17.1. The Balaban J connectivity index is 1.18. The summed E-state index contributed by atoms with van der Waals surface area (Å²) in [5, 5.41) is 2.92. The van der Waals surface area contributed by atoms with E-state index >= 15 is 0 Å². The molecule has 10 heteroatoms. The molecule has 194 valence electrons. The number of fused-ring (bicyclic) bond motifs is 1. The highest BCUT2D eigenvalue weighted by Crippen LogP contribution is 2.39. The number of nitrogens with zero attached hydrogens (tertiary/aromatic N) is 2. The number of nitrogens with one attached hydrogen (secondary N) is 1. The van der Waals surface area contributed by atoms with Crippen LogP contribution in [0.4, 0.5) is 0 Å². The van der Waals surface area contributed by atoms with Gasteiger partial charge in [-0.3, -0.25) is 9.69 Å². The molecule has 2 saturated heterocycles. The third kappa shape index (κ3) is 5.13. The van der Waals surface area contributed by atoms with Crippen molar-refractivity contribution in [3.63, 3.8) is 0 Å². The number of hydrogen-bond donors (Lipinski definition) is 1. The second-order valence-electron chi connectivity index (χ2n) is 10.9. The van der Waals surface area contributed by atoms with Crippen molar-refractivity contribution in [2.75, 3.05) is 46.4 Å². The number of ether oxygens (including phenoxy) is 2. The molecule has 2 fully saturated rings. The van der Waals surface area contributed by atoms with Crippen LogP contribution in [-0.2, 0) is 15.9 Å². The van der Waals surface area contributed by atoms with Crippen LogP contribution in [-0.4, -0.2) is 86.5 Å². The molecule has 1 amide bonds. The fourth-order valence-electron chi connectivity index (χ4n) is 4.52. The number of piperazine rings is 1. The first-order valence-electron chi connectivity index (χ1n) is 12.7. The van der Waals surface area contributed by atoms with E-state index in [2.05, 4.69) is 22.2 Å². The molecule has 1 atom stereocenters. The van der Waals surface area contributed by atoms with Gasteiger partial charge in [0.05, 0.1) is 24.3 Å². The van der Waals surface area contributed by atoms with E-state index in [-0.39, 0.29) is 18.6 Å². The molecule has 5 rings (SSSR count). The number of rotatable bonds is 6. The Morgan fingerprint density at radius 2 is 1.78 bits per heavy atom. The number of para-hydroxylation sites is 1. The molecular formula is C26H36BN3O6. The predicted octanol–water partition coefficient (Wildman–Crippen LogP) is 1.90. The zero-order valence-electron chi connectivity index (χ0n) is 21.8. The maximum Gasteiger partial charge on any atom is 0.498 e. The minimum Gasteiger partial charge on any atom is -0.486 e. The molecule has 1 N–H and O–H groups in total. The van der Waals surface area contributed by atoms with Crippen LogP contribution in [0.1, 0.15) is 44.0 Å². The summed E-state index contributed by atoms with van der Waals surface area (Å²) < 4.78 is 30.5. The van der Waals surface area contributed by atoms with Crippen molar-refractivity contribution < 1.29 is 28.0 Å². The second kappa shape index (κ2) is 9.74. The first-order valence-corrected chi connectivity index (χ1v) is 12.7. The van der Waals surface area contributed by atoms with E-state index in [9.17, 15) is 4.79 Å². The van der Waals surface area contributed by atoms with Crippen LogP contribution in [0.25, 0.3) is 0 Å². The minimum absolute atomic E-state index is 0.270. The molecule has 1 aromatic heterocycles. The van der Waals surface area contributed by atoms with Gasteiger partial charge in [0.25, 0.3) is 5.91 Å². The quantitative estimate of drug-likeness (QED) is 0.606. The molecule has 0 radical (unpaired) electrons. The lowest BCUT2D eigenvalue weighted by atomic mass is 9.78. The molecular weight excluding hydrogens is 461 g/mol. The number of benzene rings is 1. The molecule has 3 aliphatic heterocycles. The van der Waals surface area contributed by atoms with Crippen molar-refractivity contribution >= 4 is 18.5 Å². The highest BCUT2D eigenvalue weighted by atomic mass is 16.7. The van der Waals surface area contributed by atoms with Gasteiger partial charge in [0.2, 0.25) is 0 Å². The van der Waals surface area contributed by atoms with Crippen LogP contribution in [0.5, 0.6) is 11.5 Å². The number of furan rings is 1. The Bertz CT molecular complexity index is 1080. The molecule has 0 bridgehead atoms. The summed E-state index contributed by atoms with van der Waals surface area (Å²) in [6, 6.07) is 9.30. The van der Waals surface area contributed by atoms with Gasteiger partial charge >= 0.3 is 7.12 Å². The lowest BCUT2D eigenvalue weighted by Gasteiger charge is -2.32. The predicted molar refractivity (Wildman–Crippen MR) is 136 cm³/mol. The van der Waals surface area contributed by atoms with E-state index in [1.165, 1.54) is 0 Å². The van der Waals surface area contributed by atoms with E-state index < -0.39 is 18.3 Å². The van der Waals surface area contributed by atoms with Crippen molar-refractivity contribution in [3.8, 4) is 11.5 Å². The van der Waals surface area contributed by atoms with Crippen molar-refractivity contribution in [2.24, 2.45) is 0 Å². The summed E-state index contributed by atoms with van der Waals surface area (Å²) in [5.41, 5.74) is -0.146. The molecule has 0 aliphatic carbocycles. The Morgan fingerprint density at radius 1 is 1.06 bits per heavy atom. The number of likely N-dealkylation sites (N-methyl/N-ethyl adjacent to an activating group) is 1. The monoisotopic (exact) mass is 497 g/mol. The van der Waals surface area contributed by atoms with E-state index in [0.717, 1.165) is 37.4 Å². The average Bonchev–Trinajstić information content (AvgIpc) is 3.39. The Kier molecular flexibility index (Phi) is 6.80. The third-order valence-corrected chi connectivity index (χ3v) is 7.58. The number of hydrogen-bond acceptors (Lipinski definition) is 8. The Labute approximate surface area is 213 Å². The molecule has 9 nitrogen and oxygen atoms in total. The molecule has 2 aromatic rings. The lowest BCUT2D eigenvalue weighted by Crippen LogP contribution is -2.44. The van der Waals surface area contributed by atoms with E-state index in [1.54, 1.807) is 6.07 Å². The van der Waals surface area contributed by atoms with Crippen molar-refractivity contribution in [3.05, 3.63) is 41.9 Å². The van der Waals surface area contributed by atoms with Crippen LogP contribution >= 0.6 is 0 Å². The summed E-state index contributed by atoms with van der Waals surface area (Å²) in [5.74, 6) is 2.06. The molecule has 1 unspecified atom stereocenters. The summed E-state index contributed by atoms with van der Waals surface area (Å²) in [6.45, 7) is 13.4. The SMILES string of the molecule is CN1CCN(Cc2ccc(C(=O)NCC3COc4cccc(B5OC(C)(C)C(C)(C)O5)c4O3)o2)CC1. The van der Waals surface area contributed by atoms with Crippen molar-refractivity contribution in [1.29, 1.82) is 0 Å². The van der Waals surface area contributed by atoms with Gasteiger partial charge < -0.3 is 33.4 Å². The molecule has 36 heavy (non-hydrogen) atoms. The largest absolute Gasteiger partial charge is 0.498 e. The highest BCUT2D eigenvalue weighted by molar-refractivity contribution is 6.63. The van der Waals surface area contributed by atoms with Gasteiger partial charge in [0, 0.05) is 31.6 Å². The van der Waals surface area contributed by atoms with Gasteiger partial charge in [-0.15, -0.1) is 0 Å². The summed E-state index contributed by atoms with van der Waals surface area (Å²) in [4.78, 5) is 17.4. The maximum atomic E-state index is 12.7. The second-order valence-corrected chi connectivity index (χ2v) is 10.9. The summed E-state index contributed by atoms with van der Waals surface area (Å²) >= 11 is 0. The fraction of sp³-hybridized carbons (Fsp3) is 0.577. The third-order valence-electron chi connectivity index (χ3n) is 7.58. The van der Waals surface area contributed by atoms with Gasteiger partial charge in [-0.25, -0.2) is 0 Å².